The molecule has 1 aromatic carbocycles. The van der Waals surface area contributed by atoms with Crippen LogP contribution in [0.15, 0.2) is 33.0 Å². The van der Waals surface area contributed by atoms with Gasteiger partial charge in [0.05, 0.1) is 6.34 Å². The molecule has 2 rings (SSSR count). The second-order valence-corrected chi connectivity index (χ2v) is 5.76. The molecule has 0 N–H and O–H groups in total. The summed E-state index contributed by atoms with van der Waals surface area (Å²) >= 11 is 2.72. The molecule has 2 aromatic rings. The van der Waals surface area contributed by atoms with Crippen LogP contribution < -0.4 is 0 Å². The molecule has 0 amide bonds. The van der Waals surface area contributed by atoms with Crippen LogP contribution in [-0.4, -0.2) is 34.7 Å². The molecular formula is C12H14N4S2. The fourth-order valence-corrected chi connectivity index (χ4v) is 2.60. The van der Waals surface area contributed by atoms with Crippen LogP contribution in [0, 0.1) is 6.92 Å². The minimum absolute atomic E-state index is 0.778. The molecule has 0 bridgehead atoms. The van der Waals surface area contributed by atoms with Crippen molar-refractivity contribution in [2.45, 2.75) is 11.3 Å². The van der Waals surface area contributed by atoms with E-state index in [1.165, 1.54) is 29.0 Å². The summed E-state index contributed by atoms with van der Waals surface area (Å²) in [5, 5.41) is 0. The number of benzene rings is 1. The van der Waals surface area contributed by atoms with Crippen LogP contribution in [0.3, 0.4) is 0 Å². The zero-order valence-electron chi connectivity index (χ0n) is 10.5. The first-order valence-electron chi connectivity index (χ1n) is 5.43. The zero-order valence-corrected chi connectivity index (χ0v) is 12.1. The van der Waals surface area contributed by atoms with Gasteiger partial charge in [-0.2, -0.15) is 8.77 Å². The minimum atomic E-state index is 0.778. The molecule has 18 heavy (non-hydrogen) atoms. The lowest BCUT2D eigenvalue weighted by Crippen LogP contribution is -2.06. The van der Waals surface area contributed by atoms with Gasteiger partial charge in [0.1, 0.15) is 0 Å². The Hall–Kier alpha value is -1.40. The second kappa shape index (κ2) is 5.97. The van der Waals surface area contributed by atoms with Crippen molar-refractivity contribution in [2.75, 3.05) is 14.1 Å². The lowest BCUT2D eigenvalue weighted by atomic mass is 10.1. The quantitative estimate of drug-likeness (QED) is 0.489. The van der Waals surface area contributed by atoms with E-state index in [-0.39, 0.29) is 0 Å². The van der Waals surface area contributed by atoms with E-state index < -0.39 is 0 Å². The van der Waals surface area contributed by atoms with Gasteiger partial charge in [0.2, 0.25) is 0 Å². The Bertz CT molecular complexity index is 549. The van der Waals surface area contributed by atoms with Gasteiger partial charge in [0.15, 0.2) is 10.2 Å². The van der Waals surface area contributed by atoms with Gasteiger partial charge in [-0.15, -0.1) is 0 Å². The lowest BCUT2D eigenvalue weighted by molar-refractivity contribution is 0.645. The van der Waals surface area contributed by atoms with Crippen molar-refractivity contribution in [1.82, 2.24) is 14.3 Å². The van der Waals surface area contributed by atoms with E-state index in [9.17, 15) is 0 Å². The Labute approximate surface area is 115 Å². The highest BCUT2D eigenvalue weighted by Gasteiger charge is 2.08. The molecular weight excluding hydrogens is 264 g/mol. The number of nitrogens with zero attached hydrogens (tertiary/aromatic N) is 4. The van der Waals surface area contributed by atoms with Crippen LogP contribution in [0.2, 0.25) is 0 Å². The van der Waals surface area contributed by atoms with Crippen molar-refractivity contribution >= 4 is 29.8 Å². The summed E-state index contributed by atoms with van der Waals surface area (Å²) in [5.41, 5.74) is 2.26. The summed E-state index contributed by atoms with van der Waals surface area (Å²) in [5.74, 6) is 0.778. The third-order valence-electron chi connectivity index (χ3n) is 2.20. The van der Waals surface area contributed by atoms with Crippen LogP contribution in [0.25, 0.3) is 11.4 Å². The highest BCUT2D eigenvalue weighted by atomic mass is 32.2. The van der Waals surface area contributed by atoms with Crippen molar-refractivity contribution in [3.63, 3.8) is 0 Å². The van der Waals surface area contributed by atoms with E-state index in [1.807, 2.05) is 37.2 Å². The molecule has 0 aliphatic heterocycles. The summed E-state index contributed by atoms with van der Waals surface area (Å²) in [6.45, 7) is 2.06. The number of hydrogen-bond acceptors (Lipinski definition) is 5. The van der Waals surface area contributed by atoms with Crippen molar-refractivity contribution < 1.29 is 0 Å². The first-order chi connectivity index (χ1) is 8.66. The van der Waals surface area contributed by atoms with Crippen LogP contribution in [0.4, 0.5) is 0 Å². The van der Waals surface area contributed by atoms with E-state index >= 15 is 0 Å². The summed E-state index contributed by atoms with van der Waals surface area (Å²) in [4.78, 5) is 6.36. The Morgan fingerprint density at radius 3 is 2.83 bits per heavy atom. The standard InChI is InChI=1S/C12H14N4S2/c1-9-6-4-5-7-10(9)11-14-12(18-15-11)17-13-8-16(2)3/h4-8H,1-3H3. The summed E-state index contributed by atoms with van der Waals surface area (Å²) in [7, 11) is 3.87. The van der Waals surface area contributed by atoms with Crippen LogP contribution in [0.1, 0.15) is 5.56 Å². The van der Waals surface area contributed by atoms with Crippen LogP contribution in [0.5, 0.6) is 0 Å². The largest absolute Gasteiger partial charge is 0.368 e. The van der Waals surface area contributed by atoms with Crippen LogP contribution >= 0.6 is 23.5 Å². The third kappa shape index (κ3) is 3.30. The van der Waals surface area contributed by atoms with Gasteiger partial charge in [0.25, 0.3) is 0 Å². The number of aryl methyl sites for hydroxylation is 1. The molecule has 0 fully saturated rings. The fourth-order valence-electron chi connectivity index (χ4n) is 1.34. The molecule has 1 heterocycles. The predicted molar refractivity (Wildman–Crippen MR) is 78.1 cm³/mol. The minimum Gasteiger partial charge on any atom is -0.368 e. The van der Waals surface area contributed by atoms with Crippen molar-refractivity contribution in [1.29, 1.82) is 0 Å². The van der Waals surface area contributed by atoms with E-state index in [0.717, 1.165) is 15.7 Å². The SMILES string of the molecule is Cc1ccccc1-c1nsc(SN=CN(C)C)n1. The number of rotatable bonds is 4. The molecule has 0 unspecified atom stereocenters. The predicted octanol–water partition coefficient (Wildman–Crippen LogP) is 3.11. The summed E-state index contributed by atoms with van der Waals surface area (Å²) in [6.07, 6.45) is 1.75. The Kier molecular flexibility index (Phi) is 4.33. The molecule has 0 saturated heterocycles. The normalized spacial score (nSPS) is 11.1. The topological polar surface area (TPSA) is 41.4 Å². The molecule has 0 atom stereocenters. The van der Waals surface area contributed by atoms with Gasteiger partial charge in [-0.25, -0.2) is 4.98 Å². The number of aromatic nitrogens is 2. The first kappa shape index (κ1) is 13.0. The van der Waals surface area contributed by atoms with E-state index in [2.05, 4.69) is 26.7 Å². The fraction of sp³-hybridized carbons (Fsp3) is 0.250. The summed E-state index contributed by atoms with van der Waals surface area (Å²) < 4.78 is 9.42. The lowest BCUT2D eigenvalue weighted by Gasteiger charge is -2.00. The van der Waals surface area contributed by atoms with E-state index in [1.54, 1.807) is 6.34 Å². The molecule has 0 radical (unpaired) electrons. The highest BCUT2D eigenvalue weighted by Crippen LogP contribution is 2.27. The average molecular weight is 278 g/mol. The smallest absolute Gasteiger partial charge is 0.192 e. The molecule has 0 saturated carbocycles. The van der Waals surface area contributed by atoms with E-state index in [4.69, 9.17) is 0 Å². The molecule has 4 nitrogen and oxygen atoms in total. The molecule has 0 aliphatic rings. The Morgan fingerprint density at radius 2 is 2.11 bits per heavy atom. The Balaban J connectivity index is 2.14. The molecule has 6 heteroatoms. The zero-order chi connectivity index (χ0) is 13.0. The third-order valence-corrected chi connectivity index (χ3v) is 3.61. The maximum absolute atomic E-state index is 4.48. The average Bonchev–Trinajstić information content (AvgIpc) is 2.78. The van der Waals surface area contributed by atoms with Crippen molar-refractivity contribution in [2.24, 2.45) is 4.40 Å². The molecule has 0 spiro atoms. The molecule has 94 valence electrons. The van der Waals surface area contributed by atoms with Gasteiger partial charge in [-0.3, -0.25) is 0 Å². The molecule has 1 aromatic heterocycles. The van der Waals surface area contributed by atoms with Crippen molar-refractivity contribution in [3.05, 3.63) is 29.8 Å². The maximum Gasteiger partial charge on any atom is 0.192 e. The van der Waals surface area contributed by atoms with Gasteiger partial charge < -0.3 is 4.90 Å². The molecule has 0 aliphatic carbocycles. The monoisotopic (exact) mass is 278 g/mol. The second-order valence-electron chi connectivity index (χ2n) is 3.97. The van der Waals surface area contributed by atoms with Gasteiger partial charge in [0, 0.05) is 31.6 Å². The van der Waals surface area contributed by atoms with Gasteiger partial charge >= 0.3 is 0 Å². The first-order valence-corrected chi connectivity index (χ1v) is 6.98. The van der Waals surface area contributed by atoms with Gasteiger partial charge in [-0.1, -0.05) is 24.3 Å². The summed E-state index contributed by atoms with van der Waals surface area (Å²) in [6, 6.07) is 8.12. The maximum atomic E-state index is 4.48. The Morgan fingerprint density at radius 1 is 1.33 bits per heavy atom. The van der Waals surface area contributed by atoms with Crippen molar-refractivity contribution in [3.8, 4) is 11.4 Å². The van der Waals surface area contributed by atoms with E-state index in [0.29, 0.717) is 0 Å². The van der Waals surface area contributed by atoms with Gasteiger partial charge in [-0.05, 0) is 24.0 Å². The van der Waals surface area contributed by atoms with Crippen LogP contribution in [-0.2, 0) is 0 Å². The highest BCUT2D eigenvalue weighted by molar-refractivity contribution is 7.99. The number of hydrogen-bond donors (Lipinski definition) is 0.